The highest BCUT2D eigenvalue weighted by atomic mass is 35.5. The van der Waals surface area contributed by atoms with Gasteiger partial charge in [0.05, 0.1) is 29.9 Å². The van der Waals surface area contributed by atoms with Gasteiger partial charge in [-0.2, -0.15) is 13.2 Å². The minimum atomic E-state index is -6.12. The second-order valence-electron chi connectivity index (χ2n) is 21.5. The molecule has 0 radical (unpaired) electrons. The Morgan fingerprint density at radius 2 is 1.42 bits per heavy atom. The molecule has 0 spiro atoms. The highest BCUT2D eigenvalue weighted by Gasteiger charge is 2.59. The summed E-state index contributed by atoms with van der Waals surface area (Å²) in [6.45, 7) is 14.7. The number of phosphoric ester groups is 1. The van der Waals surface area contributed by atoms with Crippen molar-refractivity contribution in [2.45, 2.75) is 98.9 Å². The smallest absolute Gasteiger partial charge is 0.380 e. The molecule has 1 amide bonds. The Labute approximate surface area is 464 Å². The maximum atomic E-state index is 14.3. The molecule has 4 N–H and O–H groups in total. The fourth-order valence-corrected chi connectivity index (χ4v) is 14.2. The Balaban J connectivity index is 1.10. The van der Waals surface area contributed by atoms with Crippen LogP contribution in [0, 0.1) is 16.7 Å². The maximum absolute atomic E-state index is 14.3. The molecular formula is C55H67ClF3N4O11PS3. The number of nitrogens with zero attached hydrogens (tertiary/aromatic N) is 2. The Morgan fingerprint density at radius 3 is 2.01 bits per heavy atom. The van der Waals surface area contributed by atoms with Gasteiger partial charge in [-0.15, -0.1) is 11.8 Å². The summed E-state index contributed by atoms with van der Waals surface area (Å²) in [6, 6.07) is 32.1. The van der Waals surface area contributed by atoms with Gasteiger partial charge in [0.2, 0.25) is 0 Å². The van der Waals surface area contributed by atoms with Gasteiger partial charge in [-0.3, -0.25) is 14.2 Å². The number of piperidine rings is 1. The van der Waals surface area contributed by atoms with Crippen LogP contribution in [0.4, 0.5) is 24.5 Å². The molecule has 2 atom stereocenters. The number of ether oxygens (including phenoxy) is 2. The predicted molar refractivity (Wildman–Crippen MR) is 298 cm³/mol. The van der Waals surface area contributed by atoms with E-state index in [-0.39, 0.29) is 11.5 Å². The number of amides is 1. The second kappa shape index (κ2) is 24.7. The van der Waals surface area contributed by atoms with E-state index in [9.17, 15) is 49.2 Å². The SMILES string of the molecule is CC(C)(C)C(O[C@@H](c1ccccc1-c1ccc(Cl)cc1)C1CCN(c2ccc(C(=O)NS(=O)(=O)c3ccc(NC(CCN4CCOCC4)CSc4ccccc4)c(S(=O)(=O)C(F)(F)F)c3)cc2)CC1)(OP(=O)(O)O)C(C)(C)C. The number of nitrogens with one attached hydrogen (secondary N) is 2. The molecule has 2 saturated heterocycles. The number of anilines is 2. The zero-order valence-electron chi connectivity index (χ0n) is 44.2. The van der Waals surface area contributed by atoms with Crippen molar-refractivity contribution in [3.8, 4) is 11.1 Å². The third kappa shape index (κ3) is 14.9. The van der Waals surface area contributed by atoms with Crippen LogP contribution in [0.5, 0.6) is 0 Å². The van der Waals surface area contributed by atoms with Crippen molar-refractivity contribution in [3.05, 3.63) is 137 Å². The van der Waals surface area contributed by atoms with Gasteiger partial charge in [0.25, 0.3) is 25.8 Å². The number of carbonyl (C=O) groups is 1. The summed E-state index contributed by atoms with van der Waals surface area (Å²) in [5, 5.41) is 3.53. The summed E-state index contributed by atoms with van der Waals surface area (Å²) in [4.78, 5) is 37.3. The van der Waals surface area contributed by atoms with Crippen molar-refractivity contribution in [3.63, 3.8) is 0 Å². The molecule has 5 aromatic rings. The molecule has 5 aromatic carbocycles. The lowest BCUT2D eigenvalue weighted by Crippen LogP contribution is -2.57. The monoisotopic (exact) mass is 1180 g/mol. The molecule has 1 unspecified atom stereocenters. The molecule has 2 aliphatic rings. The number of hydrogen-bond acceptors (Lipinski definition) is 13. The molecule has 78 heavy (non-hydrogen) atoms. The molecule has 23 heteroatoms. The van der Waals surface area contributed by atoms with Crippen molar-refractivity contribution in [1.82, 2.24) is 9.62 Å². The first-order valence-electron chi connectivity index (χ1n) is 25.4. The van der Waals surface area contributed by atoms with E-state index in [4.69, 9.17) is 25.6 Å². The van der Waals surface area contributed by atoms with Gasteiger partial charge in [-0.1, -0.05) is 108 Å². The minimum Gasteiger partial charge on any atom is -0.380 e. The van der Waals surface area contributed by atoms with Crippen LogP contribution in [0.25, 0.3) is 11.1 Å². The van der Waals surface area contributed by atoms with E-state index in [0.717, 1.165) is 33.7 Å². The lowest BCUT2D eigenvalue weighted by molar-refractivity contribution is -0.328. The van der Waals surface area contributed by atoms with Crippen LogP contribution in [-0.2, 0) is 38.4 Å². The van der Waals surface area contributed by atoms with Crippen molar-refractivity contribution in [2.75, 3.05) is 61.9 Å². The van der Waals surface area contributed by atoms with Crippen LogP contribution < -0.4 is 14.9 Å². The van der Waals surface area contributed by atoms with Crippen LogP contribution in [0.1, 0.15) is 82.8 Å². The van der Waals surface area contributed by atoms with Crippen LogP contribution in [-0.4, -0.2) is 106 Å². The second-order valence-corrected chi connectivity index (χ2v) is 27.7. The Kier molecular flexibility index (Phi) is 19.3. The quantitative estimate of drug-likeness (QED) is 0.0325. The Morgan fingerprint density at radius 1 is 0.821 bits per heavy atom. The normalized spacial score (nSPS) is 16.6. The van der Waals surface area contributed by atoms with E-state index in [1.807, 2.05) is 113 Å². The van der Waals surface area contributed by atoms with Gasteiger partial charge < -0.3 is 29.5 Å². The van der Waals surface area contributed by atoms with E-state index < -0.39 is 83.3 Å². The summed E-state index contributed by atoms with van der Waals surface area (Å²) in [5.41, 5.74) is -5.13. The molecule has 0 aromatic heterocycles. The van der Waals surface area contributed by atoms with Crippen LogP contribution in [0.2, 0.25) is 5.02 Å². The average Bonchev–Trinajstić information content (AvgIpc) is 3.53. The number of hydrogen-bond donors (Lipinski definition) is 4. The molecule has 2 aliphatic heterocycles. The third-order valence-electron chi connectivity index (χ3n) is 13.9. The van der Waals surface area contributed by atoms with Crippen molar-refractivity contribution in [1.29, 1.82) is 0 Å². The van der Waals surface area contributed by atoms with Crippen LogP contribution in [0.15, 0.2) is 136 Å². The van der Waals surface area contributed by atoms with Crippen LogP contribution in [0.3, 0.4) is 0 Å². The van der Waals surface area contributed by atoms with E-state index in [0.29, 0.717) is 87.7 Å². The summed E-state index contributed by atoms with van der Waals surface area (Å²) >= 11 is 7.70. The number of carbonyl (C=O) groups excluding carboxylic acids is 1. The number of rotatable bonds is 20. The number of alkyl halides is 3. The van der Waals surface area contributed by atoms with Gasteiger partial charge in [-0.25, -0.2) is 26.1 Å². The van der Waals surface area contributed by atoms with Gasteiger partial charge >= 0.3 is 13.3 Å². The number of phosphoric acid groups is 1. The first-order valence-corrected chi connectivity index (χ1v) is 31.2. The van der Waals surface area contributed by atoms with Gasteiger partial charge in [0.1, 0.15) is 4.90 Å². The molecule has 0 saturated carbocycles. The number of morpholine rings is 1. The zero-order chi connectivity index (χ0) is 56.9. The minimum absolute atomic E-state index is 0.101. The van der Waals surface area contributed by atoms with E-state index in [1.54, 1.807) is 24.3 Å². The predicted octanol–water partition coefficient (Wildman–Crippen LogP) is 11.6. The average molecular weight is 1180 g/mol. The van der Waals surface area contributed by atoms with Gasteiger partial charge in [0.15, 0.2) is 5.79 Å². The summed E-state index contributed by atoms with van der Waals surface area (Å²) in [7, 11) is -16.2. The topological polar surface area (TPSA) is 201 Å². The largest absolute Gasteiger partial charge is 0.501 e. The Bertz CT molecular complexity index is 3110. The molecule has 15 nitrogen and oxygen atoms in total. The fourth-order valence-electron chi connectivity index (χ4n) is 10.1. The molecule has 0 bridgehead atoms. The summed E-state index contributed by atoms with van der Waals surface area (Å²) < 4.78 is 130. The molecule has 0 aliphatic carbocycles. The highest BCUT2D eigenvalue weighted by molar-refractivity contribution is 7.99. The van der Waals surface area contributed by atoms with E-state index in [1.165, 1.54) is 23.9 Å². The molecule has 2 fully saturated rings. The van der Waals surface area contributed by atoms with Gasteiger partial charge in [-0.05, 0) is 109 Å². The summed E-state index contributed by atoms with van der Waals surface area (Å²) in [5.74, 6) is -2.82. The molecule has 2 heterocycles. The summed E-state index contributed by atoms with van der Waals surface area (Å²) in [6.07, 6.45) is 0.718. The maximum Gasteiger partial charge on any atom is 0.501 e. The Hall–Kier alpha value is -4.51. The molecular weight excluding hydrogens is 1110 g/mol. The van der Waals surface area contributed by atoms with E-state index >= 15 is 0 Å². The number of halogens is 4. The van der Waals surface area contributed by atoms with Crippen molar-refractivity contribution >= 4 is 68.3 Å². The third-order valence-corrected chi connectivity index (χ3v) is 18.7. The van der Waals surface area contributed by atoms with E-state index in [2.05, 4.69) is 15.1 Å². The number of sulfonamides is 1. The van der Waals surface area contributed by atoms with Gasteiger partial charge in [0, 0.05) is 76.5 Å². The lowest BCUT2D eigenvalue weighted by atomic mass is 9.70. The van der Waals surface area contributed by atoms with Crippen molar-refractivity contribution < 1.29 is 63.2 Å². The first-order chi connectivity index (χ1) is 36.5. The van der Waals surface area contributed by atoms with Crippen LogP contribution >= 0.6 is 31.2 Å². The highest BCUT2D eigenvalue weighted by Crippen LogP contribution is 2.59. The molecule has 424 valence electrons. The number of benzene rings is 5. The van der Waals surface area contributed by atoms with Crippen molar-refractivity contribution in [2.24, 2.45) is 16.7 Å². The zero-order valence-corrected chi connectivity index (χ0v) is 48.3. The first kappa shape index (κ1) is 61.1. The number of sulfone groups is 1. The lowest BCUT2D eigenvalue weighted by Gasteiger charge is -2.54. The fraction of sp³-hybridized carbons (Fsp3) is 0.436. The standard InChI is InChI=1S/C55H67ClF3N4O11PS3/c1-52(2,3)54(53(4,5)6,74-75(65,66)67)73-50(47-15-11-10-14-46(47)38-16-20-41(56)21-17-38)39-26-30-63(31-27-39)43-22-18-40(19-23-43)51(64)61-78(70,71)45-24-25-48(49(36-45)77(68,69)55(57,58)59)60-42(28-29-62-32-34-72-35-33-62)37-76-44-12-8-7-9-13-44/h7-25,36,39,42,50,60H,26-35,37H2,1-6H3,(H,61,64)(H2,65,66,67)/t42?,50-/m1/s1. The molecule has 7 rings (SSSR count). The number of thioether (sulfide) groups is 1.